The van der Waals surface area contributed by atoms with Crippen molar-refractivity contribution in [2.75, 3.05) is 46.4 Å². The zero-order valence-corrected chi connectivity index (χ0v) is 15.3. The molecule has 10 heteroatoms. The van der Waals surface area contributed by atoms with Gasteiger partial charge in [0, 0.05) is 32.7 Å². The maximum absolute atomic E-state index is 12.7. The van der Waals surface area contributed by atoms with Gasteiger partial charge in [-0.3, -0.25) is 9.69 Å². The molecule has 0 atom stereocenters. The van der Waals surface area contributed by atoms with Crippen LogP contribution in [-0.4, -0.2) is 75.9 Å². The standard InChI is InChI=1S/C14H21N3O5S2/c1-3-15-12(18)10-16-5-7-17(8-6-16)24(20,21)11-4-9-23-13(11)14(19)22-2/h4,9H,3,5-8,10H2,1-2H3,(H,15,18). The highest BCUT2D eigenvalue weighted by Gasteiger charge is 2.33. The van der Waals surface area contributed by atoms with Crippen molar-refractivity contribution >= 4 is 33.2 Å². The number of carbonyl (C=O) groups excluding carboxylic acids is 2. The fraction of sp³-hybridized carbons (Fsp3) is 0.571. The lowest BCUT2D eigenvalue weighted by atomic mass is 10.3. The fourth-order valence-electron chi connectivity index (χ4n) is 2.47. The van der Waals surface area contributed by atoms with E-state index in [1.54, 1.807) is 5.38 Å². The van der Waals surface area contributed by atoms with Crippen molar-refractivity contribution in [3.63, 3.8) is 0 Å². The third kappa shape index (κ3) is 4.12. The van der Waals surface area contributed by atoms with Gasteiger partial charge in [-0.25, -0.2) is 13.2 Å². The van der Waals surface area contributed by atoms with Crippen molar-refractivity contribution in [1.29, 1.82) is 0 Å². The number of nitrogens with one attached hydrogen (secondary N) is 1. The van der Waals surface area contributed by atoms with Gasteiger partial charge in [-0.1, -0.05) is 0 Å². The first-order chi connectivity index (χ1) is 11.4. The van der Waals surface area contributed by atoms with Gasteiger partial charge in [0.25, 0.3) is 0 Å². The molecule has 0 saturated carbocycles. The van der Waals surface area contributed by atoms with Gasteiger partial charge in [0.1, 0.15) is 9.77 Å². The van der Waals surface area contributed by atoms with Crippen LogP contribution in [0.4, 0.5) is 0 Å². The van der Waals surface area contributed by atoms with Crippen molar-refractivity contribution in [3.8, 4) is 0 Å². The highest BCUT2D eigenvalue weighted by atomic mass is 32.2. The lowest BCUT2D eigenvalue weighted by molar-refractivity contribution is -0.122. The second-order valence-electron chi connectivity index (χ2n) is 5.24. The molecule has 0 aromatic carbocycles. The van der Waals surface area contributed by atoms with Crippen molar-refractivity contribution < 1.29 is 22.7 Å². The van der Waals surface area contributed by atoms with Gasteiger partial charge in [0.2, 0.25) is 15.9 Å². The maximum atomic E-state index is 12.7. The topological polar surface area (TPSA) is 96.0 Å². The average Bonchev–Trinajstić information content (AvgIpc) is 3.05. The predicted molar refractivity (Wildman–Crippen MR) is 89.5 cm³/mol. The largest absolute Gasteiger partial charge is 0.465 e. The summed E-state index contributed by atoms with van der Waals surface area (Å²) in [5.41, 5.74) is 0. The first-order valence-corrected chi connectivity index (χ1v) is 9.87. The number of piperazine rings is 1. The normalized spacial score (nSPS) is 16.8. The maximum Gasteiger partial charge on any atom is 0.349 e. The van der Waals surface area contributed by atoms with E-state index in [9.17, 15) is 18.0 Å². The zero-order valence-electron chi connectivity index (χ0n) is 13.6. The number of likely N-dealkylation sites (N-methyl/N-ethyl adjacent to an activating group) is 1. The van der Waals surface area contributed by atoms with Crippen LogP contribution in [0.25, 0.3) is 0 Å². The lowest BCUT2D eigenvalue weighted by Crippen LogP contribution is -2.51. The number of nitrogens with zero attached hydrogens (tertiary/aromatic N) is 2. The molecule has 1 amide bonds. The summed E-state index contributed by atoms with van der Waals surface area (Å²) in [5, 5.41) is 4.28. The monoisotopic (exact) mass is 375 g/mol. The van der Waals surface area contributed by atoms with Crippen LogP contribution in [0.1, 0.15) is 16.6 Å². The van der Waals surface area contributed by atoms with E-state index in [-0.39, 0.29) is 35.3 Å². The molecule has 0 spiro atoms. The van der Waals surface area contributed by atoms with Crippen molar-refractivity contribution in [2.45, 2.75) is 11.8 Å². The summed E-state index contributed by atoms with van der Waals surface area (Å²) in [6, 6.07) is 1.42. The van der Waals surface area contributed by atoms with Crippen molar-refractivity contribution in [2.24, 2.45) is 0 Å². The molecule has 1 aromatic rings. The molecule has 2 rings (SSSR count). The molecule has 1 aromatic heterocycles. The predicted octanol–water partition coefficient (Wildman–Crippen LogP) is -0.0229. The minimum absolute atomic E-state index is 0.0171. The first kappa shape index (κ1) is 18.8. The van der Waals surface area contributed by atoms with Gasteiger partial charge in [-0.2, -0.15) is 4.31 Å². The molecule has 134 valence electrons. The van der Waals surface area contributed by atoms with Gasteiger partial charge < -0.3 is 10.1 Å². The Morgan fingerprint density at radius 1 is 1.29 bits per heavy atom. The Hall–Kier alpha value is -1.49. The molecule has 2 heterocycles. The first-order valence-electron chi connectivity index (χ1n) is 7.55. The van der Waals surface area contributed by atoms with Crippen LogP contribution >= 0.6 is 11.3 Å². The molecule has 24 heavy (non-hydrogen) atoms. The van der Waals surface area contributed by atoms with Gasteiger partial charge in [-0.05, 0) is 18.4 Å². The third-order valence-electron chi connectivity index (χ3n) is 3.69. The smallest absolute Gasteiger partial charge is 0.349 e. The number of sulfonamides is 1. The number of thiophene rings is 1. The Balaban J connectivity index is 2.04. The summed E-state index contributed by atoms with van der Waals surface area (Å²) >= 11 is 1.04. The number of hydrogen-bond donors (Lipinski definition) is 1. The minimum Gasteiger partial charge on any atom is -0.465 e. The van der Waals surface area contributed by atoms with Crippen molar-refractivity contribution in [3.05, 3.63) is 16.3 Å². The van der Waals surface area contributed by atoms with Gasteiger partial charge in [-0.15, -0.1) is 11.3 Å². The number of esters is 1. The molecule has 0 radical (unpaired) electrons. The Morgan fingerprint density at radius 3 is 2.54 bits per heavy atom. The second kappa shape index (κ2) is 8.06. The minimum atomic E-state index is -3.75. The molecule has 8 nitrogen and oxygen atoms in total. The number of hydrogen-bond acceptors (Lipinski definition) is 7. The van der Waals surface area contributed by atoms with Crippen LogP contribution in [0.5, 0.6) is 0 Å². The molecule has 1 saturated heterocycles. The lowest BCUT2D eigenvalue weighted by Gasteiger charge is -2.33. The highest BCUT2D eigenvalue weighted by molar-refractivity contribution is 7.89. The van der Waals surface area contributed by atoms with E-state index < -0.39 is 16.0 Å². The summed E-state index contributed by atoms with van der Waals surface area (Å²) in [6.45, 7) is 4.16. The molecule has 1 fully saturated rings. The average molecular weight is 375 g/mol. The molecular formula is C14H21N3O5S2. The number of carbonyl (C=O) groups is 2. The molecule has 0 bridgehead atoms. The van der Waals surface area contributed by atoms with Crippen molar-refractivity contribution in [1.82, 2.24) is 14.5 Å². The second-order valence-corrected chi connectivity index (χ2v) is 8.06. The number of ether oxygens (including phenoxy) is 1. The molecule has 0 unspecified atom stereocenters. The van der Waals surface area contributed by atoms with Gasteiger partial charge >= 0.3 is 5.97 Å². The molecule has 0 aliphatic carbocycles. The Labute approximate surface area is 145 Å². The molecule has 1 aliphatic heterocycles. The van der Waals surface area contributed by atoms with Crippen LogP contribution in [0, 0.1) is 0 Å². The van der Waals surface area contributed by atoms with Crippen LogP contribution < -0.4 is 5.32 Å². The number of amides is 1. The van der Waals surface area contributed by atoms with E-state index >= 15 is 0 Å². The highest BCUT2D eigenvalue weighted by Crippen LogP contribution is 2.26. The quantitative estimate of drug-likeness (QED) is 0.702. The summed E-state index contributed by atoms with van der Waals surface area (Å²) in [4.78, 5) is 25.3. The summed E-state index contributed by atoms with van der Waals surface area (Å²) < 4.78 is 31.5. The van der Waals surface area contributed by atoms with Gasteiger partial charge in [0.15, 0.2) is 0 Å². The summed E-state index contributed by atoms with van der Waals surface area (Å²) in [7, 11) is -2.53. The van der Waals surface area contributed by atoms with Crippen LogP contribution in [0.2, 0.25) is 0 Å². The SMILES string of the molecule is CCNC(=O)CN1CCN(S(=O)(=O)c2ccsc2C(=O)OC)CC1. The van der Waals surface area contributed by atoms with Crippen LogP contribution in [0.3, 0.4) is 0 Å². The number of rotatable bonds is 6. The third-order valence-corrected chi connectivity index (χ3v) is 6.65. The van der Waals surface area contributed by atoms with Crippen LogP contribution in [0.15, 0.2) is 16.3 Å². The van der Waals surface area contributed by atoms with Crippen LogP contribution in [-0.2, 0) is 19.6 Å². The Kier molecular flexibility index (Phi) is 6.33. The van der Waals surface area contributed by atoms with E-state index in [0.717, 1.165) is 11.3 Å². The van der Waals surface area contributed by atoms with E-state index in [0.29, 0.717) is 19.6 Å². The van der Waals surface area contributed by atoms with E-state index in [4.69, 9.17) is 0 Å². The van der Waals surface area contributed by atoms with E-state index in [1.807, 2.05) is 11.8 Å². The molecule has 1 aliphatic rings. The molecular weight excluding hydrogens is 354 g/mol. The Bertz CT molecular complexity index is 693. The summed E-state index contributed by atoms with van der Waals surface area (Å²) in [5.74, 6) is -0.724. The summed E-state index contributed by atoms with van der Waals surface area (Å²) in [6.07, 6.45) is 0. The number of methoxy groups -OCH3 is 1. The van der Waals surface area contributed by atoms with E-state index in [2.05, 4.69) is 10.1 Å². The van der Waals surface area contributed by atoms with E-state index in [1.165, 1.54) is 17.5 Å². The fourth-order valence-corrected chi connectivity index (χ4v) is 5.20. The Morgan fingerprint density at radius 2 is 1.96 bits per heavy atom. The van der Waals surface area contributed by atoms with Gasteiger partial charge in [0.05, 0.1) is 13.7 Å². The zero-order chi connectivity index (χ0) is 17.7. The molecule has 1 N–H and O–H groups in total.